The second-order valence-electron chi connectivity index (χ2n) is 8.05. The minimum atomic E-state index is -5.08. The normalized spacial score (nSPS) is 25.8. The molecule has 2 heterocycles. The fourth-order valence-electron chi connectivity index (χ4n) is 3.94. The smallest absolute Gasteiger partial charge is 0.475 e. The third-order valence-electron chi connectivity index (χ3n) is 5.79. The lowest BCUT2D eigenvalue weighted by Crippen LogP contribution is -2.61. The molecule has 8 heteroatoms. The first kappa shape index (κ1) is 18.5. The molecule has 2 aliphatic carbocycles. The Morgan fingerprint density at radius 3 is 2.12 bits per heavy atom. The zero-order chi connectivity index (χ0) is 18.2. The number of hydrogen-bond acceptors (Lipinski definition) is 3. The summed E-state index contributed by atoms with van der Waals surface area (Å²) in [6, 6.07) is 0. The molecule has 25 heavy (non-hydrogen) atoms. The van der Waals surface area contributed by atoms with Gasteiger partial charge in [0.1, 0.15) is 0 Å². The van der Waals surface area contributed by atoms with E-state index >= 15 is 0 Å². The molecule has 0 atom stereocenters. The number of halogens is 3. The first-order chi connectivity index (χ1) is 11.7. The van der Waals surface area contributed by atoms with Crippen molar-refractivity contribution >= 4 is 11.9 Å². The summed E-state index contributed by atoms with van der Waals surface area (Å²) in [5, 5.41) is 7.12. The van der Waals surface area contributed by atoms with Gasteiger partial charge in [0.2, 0.25) is 5.91 Å². The summed E-state index contributed by atoms with van der Waals surface area (Å²) in [5.74, 6) is -0.890. The highest BCUT2D eigenvalue weighted by molar-refractivity contribution is 5.80. The van der Waals surface area contributed by atoms with E-state index in [1.165, 1.54) is 45.3 Å². The predicted molar refractivity (Wildman–Crippen MR) is 83.8 cm³/mol. The first-order valence-corrected chi connectivity index (χ1v) is 9.00. The molecule has 0 radical (unpaired) electrons. The van der Waals surface area contributed by atoms with E-state index in [0.29, 0.717) is 17.2 Å². The quantitative estimate of drug-likeness (QED) is 0.837. The Bertz CT molecular complexity index is 524. The summed E-state index contributed by atoms with van der Waals surface area (Å²) < 4.78 is 31.7. The Labute approximate surface area is 145 Å². The van der Waals surface area contributed by atoms with Gasteiger partial charge in [0.05, 0.1) is 0 Å². The van der Waals surface area contributed by atoms with Crippen molar-refractivity contribution in [2.24, 2.45) is 17.3 Å². The average Bonchev–Trinajstić information content (AvgIpc) is 3.11. The van der Waals surface area contributed by atoms with Gasteiger partial charge in [-0.1, -0.05) is 6.42 Å². The fraction of sp³-hybridized carbons (Fsp3) is 0.882. The van der Waals surface area contributed by atoms with E-state index in [4.69, 9.17) is 9.90 Å². The number of amides is 1. The lowest BCUT2D eigenvalue weighted by Gasteiger charge is -2.50. The van der Waals surface area contributed by atoms with Crippen LogP contribution in [0.2, 0.25) is 0 Å². The molecule has 1 amide bonds. The van der Waals surface area contributed by atoms with Crippen molar-refractivity contribution in [1.82, 2.24) is 9.80 Å². The Kier molecular flexibility index (Phi) is 5.01. The highest BCUT2D eigenvalue weighted by Gasteiger charge is 2.50. The van der Waals surface area contributed by atoms with Crippen LogP contribution in [0.4, 0.5) is 13.2 Å². The zero-order valence-electron chi connectivity index (χ0n) is 14.2. The number of likely N-dealkylation sites (tertiary alicyclic amines) is 2. The summed E-state index contributed by atoms with van der Waals surface area (Å²) in [6.45, 7) is 5.99. The molecule has 4 rings (SSSR count). The van der Waals surface area contributed by atoms with Gasteiger partial charge in [0.15, 0.2) is 0 Å². The first-order valence-electron chi connectivity index (χ1n) is 9.00. The van der Waals surface area contributed by atoms with Crippen LogP contribution in [-0.4, -0.2) is 65.7 Å². The Balaban J connectivity index is 0.000000225. The summed E-state index contributed by atoms with van der Waals surface area (Å²) in [4.78, 5) is 25.8. The van der Waals surface area contributed by atoms with Gasteiger partial charge < -0.3 is 14.9 Å². The number of carbonyl (C=O) groups excluding carboxylic acids is 1. The number of carboxylic acid groups (broad SMARTS) is 1. The van der Waals surface area contributed by atoms with Crippen LogP contribution in [0.15, 0.2) is 0 Å². The number of rotatable bonds is 3. The molecule has 0 bridgehead atoms. The van der Waals surface area contributed by atoms with Gasteiger partial charge in [-0.3, -0.25) is 4.79 Å². The van der Waals surface area contributed by atoms with E-state index in [0.717, 1.165) is 31.8 Å². The summed E-state index contributed by atoms with van der Waals surface area (Å²) in [5.41, 5.74) is 0.494. The van der Waals surface area contributed by atoms with Crippen LogP contribution in [0.5, 0.6) is 0 Å². The average molecular weight is 362 g/mol. The molecular formula is C17H25F3N2O3. The van der Waals surface area contributed by atoms with Gasteiger partial charge >= 0.3 is 12.1 Å². The van der Waals surface area contributed by atoms with E-state index in [9.17, 15) is 18.0 Å². The number of alkyl halides is 3. The summed E-state index contributed by atoms with van der Waals surface area (Å²) >= 11 is 0. The highest BCUT2D eigenvalue weighted by atomic mass is 19.4. The molecule has 1 spiro atoms. The van der Waals surface area contributed by atoms with Crippen LogP contribution >= 0.6 is 0 Å². The van der Waals surface area contributed by atoms with E-state index in [2.05, 4.69) is 9.80 Å². The van der Waals surface area contributed by atoms with Gasteiger partial charge in [-0.05, 0) is 44.6 Å². The molecule has 1 N–H and O–H groups in total. The Hall–Kier alpha value is -1.31. The van der Waals surface area contributed by atoms with Crippen molar-refractivity contribution in [3.05, 3.63) is 0 Å². The van der Waals surface area contributed by atoms with Crippen molar-refractivity contribution in [3.63, 3.8) is 0 Å². The number of hydrogen-bond donors (Lipinski definition) is 1. The topological polar surface area (TPSA) is 60.9 Å². The van der Waals surface area contributed by atoms with Gasteiger partial charge in [-0.25, -0.2) is 4.79 Å². The van der Waals surface area contributed by atoms with Crippen LogP contribution in [0.25, 0.3) is 0 Å². The van der Waals surface area contributed by atoms with Crippen LogP contribution < -0.4 is 0 Å². The van der Waals surface area contributed by atoms with E-state index in [1.54, 1.807) is 0 Å². The zero-order valence-corrected chi connectivity index (χ0v) is 14.2. The third kappa shape index (κ3) is 4.46. The van der Waals surface area contributed by atoms with Crippen molar-refractivity contribution in [3.8, 4) is 0 Å². The minimum Gasteiger partial charge on any atom is -0.475 e. The SMILES string of the molecule is O=C(C1CCC1)N1CC2(CCN(CC3CC3)C2)C1.O=C(O)C(F)(F)F. The van der Waals surface area contributed by atoms with E-state index in [-0.39, 0.29) is 0 Å². The summed E-state index contributed by atoms with van der Waals surface area (Å²) in [7, 11) is 0. The Morgan fingerprint density at radius 1 is 1.08 bits per heavy atom. The van der Waals surface area contributed by atoms with E-state index in [1.807, 2.05) is 0 Å². The largest absolute Gasteiger partial charge is 0.490 e. The lowest BCUT2D eigenvalue weighted by molar-refractivity contribution is -0.192. The minimum absolute atomic E-state index is 0.395. The molecule has 2 saturated carbocycles. The predicted octanol–water partition coefficient (Wildman–Crippen LogP) is 2.36. The van der Waals surface area contributed by atoms with Crippen molar-refractivity contribution in [2.75, 3.05) is 32.7 Å². The van der Waals surface area contributed by atoms with Crippen LogP contribution in [0.1, 0.15) is 38.5 Å². The molecule has 0 aromatic rings. The molecule has 5 nitrogen and oxygen atoms in total. The number of aliphatic carboxylic acids is 1. The number of nitrogens with zero attached hydrogens (tertiary/aromatic N) is 2. The maximum atomic E-state index is 12.1. The van der Waals surface area contributed by atoms with Gasteiger partial charge in [0.25, 0.3) is 0 Å². The molecule has 0 aromatic carbocycles. The van der Waals surface area contributed by atoms with Gasteiger partial charge in [-0.2, -0.15) is 13.2 Å². The van der Waals surface area contributed by atoms with Gasteiger partial charge in [-0.15, -0.1) is 0 Å². The summed E-state index contributed by atoms with van der Waals surface area (Å²) in [6.07, 6.45) is 2.72. The van der Waals surface area contributed by atoms with E-state index < -0.39 is 12.1 Å². The van der Waals surface area contributed by atoms with Crippen molar-refractivity contribution in [2.45, 2.75) is 44.7 Å². The lowest BCUT2D eigenvalue weighted by atomic mass is 9.76. The molecule has 0 unspecified atom stereocenters. The van der Waals surface area contributed by atoms with Crippen LogP contribution in [-0.2, 0) is 9.59 Å². The molecule has 2 aliphatic heterocycles. The number of carboxylic acids is 1. The second-order valence-corrected chi connectivity index (χ2v) is 8.05. The Morgan fingerprint density at radius 2 is 1.68 bits per heavy atom. The molecular weight excluding hydrogens is 337 g/mol. The molecule has 4 aliphatic rings. The maximum Gasteiger partial charge on any atom is 0.490 e. The van der Waals surface area contributed by atoms with Gasteiger partial charge in [0, 0.05) is 37.5 Å². The standard InChI is InChI=1S/C15H24N2O.C2HF3O2/c18-14(13-2-1-3-13)17-10-15(11-17)6-7-16(9-15)8-12-4-5-12;3-2(4,5)1(6)7/h12-13H,1-11H2;(H,6,7). The highest BCUT2D eigenvalue weighted by Crippen LogP contribution is 2.43. The molecule has 4 fully saturated rings. The number of carbonyl (C=O) groups is 2. The maximum absolute atomic E-state index is 12.1. The molecule has 2 saturated heterocycles. The van der Waals surface area contributed by atoms with Crippen LogP contribution in [0, 0.1) is 17.3 Å². The molecule has 142 valence electrons. The van der Waals surface area contributed by atoms with Crippen molar-refractivity contribution in [1.29, 1.82) is 0 Å². The van der Waals surface area contributed by atoms with Crippen LogP contribution in [0.3, 0.4) is 0 Å². The second kappa shape index (κ2) is 6.78. The molecule has 0 aromatic heterocycles. The fourth-order valence-corrected chi connectivity index (χ4v) is 3.94. The third-order valence-corrected chi connectivity index (χ3v) is 5.79. The van der Waals surface area contributed by atoms with Crippen molar-refractivity contribution < 1.29 is 27.9 Å². The monoisotopic (exact) mass is 362 g/mol.